The van der Waals surface area contributed by atoms with Crippen LogP contribution < -0.4 is 5.73 Å². The molecule has 108 valence electrons. The molecular weight excluding hydrogens is 260 g/mol. The molecule has 5 nitrogen and oxygen atoms in total. The summed E-state index contributed by atoms with van der Waals surface area (Å²) in [6.07, 6.45) is -0.396. The summed E-state index contributed by atoms with van der Waals surface area (Å²) in [5, 5.41) is 15.2. The number of aliphatic hydroxyl groups excluding tert-OH is 1. The van der Waals surface area contributed by atoms with Crippen molar-refractivity contribution in [2.75, 3.05) is 31.1 Å². The van der Waals surface area contributed by atoms with Crippen molar-refractivity contribution < 1.29 is 5.11 Å². The third-order valence-electron chi connectivity index (χ3n) is 3.62. The second kappa shape index (κ2) is 6.15. The monoisotopic (exact) mass is 284 g/mol. The highest BCUT2D eigenvalue weighted by Crippen LogP contribution is 2.18. The molecule has 2 rings (SSSR count). The molecule has 0 bridgehead atoms. The van der Waals surface area contributed by atoms with Crippen LogP contribution in [0.4, 0.5) is 5.69 Å². The summed E-state index contributed by atoms with van der Waals surface area (Å²) in [6.45, 7) is 9.43. The summed E-state index contributed by atoms with van der Waals surface area (Å²) < 4.78 is 1.82. The number of rotatable bonds is 4. The molecule has 0 aliphatic carbocycles. The first-order valence-electron chi connectivity index (χ1n) is 6.79. The highest BCUT2D eigenvalue weighted by Gasteiger charge is 2.20. The van der Waals surface area contributed by atoms with Gasteiger partial charge in [0.15, 0.2) is 0 Å². The average molecular weight is 284 g/mol. The van der Waals surface area contributed by atoms with Crippen LogP contribution in [-0.2, 0) is 6.54 Å². The number of anilines is 1. The van der Waals surface area contributed by atoms with Gasteiger partial charge in [0, 0.05) is 30.6 Å². The normalized spacial score (nSPS) is 22.6. The molecule has 0 spiro atoms. The fourth-order valence-electron chi connectivity index (χ4n) is 2.50. The van der Waals surface area contributed by atoms with E-state index in [4.69, 9.17) is 5.73 Å². The molecule has 3 N–H and O–H groups in total. The van der Waals surface area contributed by atoms with E-state index in [9.17, 15) is 5.11 Å². The van der Waals surface area contributed by atoms with Crippen LogP contribution in [0.2, 0.25) is 0 Å². The largest absolute Gasteiger partial charge is 0.396 e. The number of aliphatic hydroxyl groups is 1. The lowest BCUT2D eigenvalue weighted by Crippen LogP contribution is -2.42. The SMILES string of the molecule is Cc1nn(CC(O)CN2CCSC(C)C2)c(C)c1N. The van der Waals surface area contributed by atoms with Gasteiger partial charge < -0.3 is 10.8 Å². The van der Waals surface area contributed by atoms with Crippen molar-refractivity contribution in [2.45, 2.75) is 38.7 Å². The van der Waals surface area contributed by atoms with Gasteiger partial charge >= 0.3 is 0 Å². The molecule has 1 aromatic heterocycles. The molecule has 2 heterocycles. The van der Waals surface area contributed by atoms with Gasteiger partial charge in [-0.3, -0.25) is 9.58 Å². The fraction of sp³-hybridized carbons (Fsp3) is 0.769. The molecule has 6 heteroatoms. The summed E-state index contributed by atoms with van der Waals surface area (Å²) in [5.41, 5.74) is 8.42. The Bertz CT molecular complexity index is 435. The molecule has 0 amide bonds. The van der Waals surface area contributed by atoms with Crippen molar-refractivity contribution in [1.29, 1.82) is 0 Å². The van der Waals surface area contributed by atoms with Crippen LogP contribution in [-0.4, -0.2) is 56.5 Å². The molecule has 1 saturated heterocycles. The molecule has 1 aliphatic rings. The summed E-state index contributed by atoms with van der Waals surface area (Å²) in [6, 6.07) is 0. The van der Waals surface area contributed by atoms with Crippen LogP contribution in [0, 0.1) is 13.8 Å². The summed E-state index contributed by atoms with van der Waals surface area (Å²) in [5.74, 6) is 1.15. The predicted octanol–water partition coefficient (Wildman–Crippen LogP) is 0.880. The van der Waals surface area contributed by atoms with Crippen molar-refractivity contribution in [3.63, 3.8) is 0 Å². The molecular formula is C13H24N4OS. The molecule has 0 radical (unpaired) electrons. The molecule has 2 atom stereocenters. The number of nitrogens with zero attached hydrogens (tertiary/aromatic N) is 3. The Morgan fingerprint density at radius 1 is 1.47 bits per heavy atom. The zero-order valence-corrected chi connectivity index (χ0v) is 12.8. The molecule has 1 fully saturated rings. The van der Waals surface area contributed by atoms with Gasteiger partial charge in [-0.25, -0.2) is 0 Å². The minimum absolute atomic E-state index is 0.396. The summed E-state index contributed by atoms with van der Waals surface area (Å²) >= 11 is 2.00. The topological polar surface area (TPSA) is 67.3 Å². The maximum atomic E-state index is 10.2. The Morgan fingerprint density at radius 3 is 2.79 bits per heavy atom. The van der Waals surface area contributed by atoms with Crippen LogP contribution in [0.25, 0.3) is 0 Å². The highest BCUT2D eigenvalue weighted by atomic mass is 32.2. The highest BCUT2D eigenvalue weighted by molar-refractivity contribution is 7.99. The van der Waals surface area contributed by atoms with E-state index < -0.39 is 6.10 Å². The van der Waals surface area contributed by atoms with Crippen molar-refractivity contribution in [3.8, 4) is 0 Å². The quantitative estimate of drug-likeness (QED) is 0.859. The lowest BCUT2D eigenvalue weighted by Gasteiger charge is -2.31. The number of hydrogen-bond donors (Lipinski definition) is 2. The van der Waals surface area contributed by atoms with Crippen LogP contribution in [0.3, 0.4) is 0 Å². The van der Waals surface area contributed by atoms with E-state index in [1.807, 2.05) is 30.3 Å². The van der Waals surface area contributed by atoms with Gasteiger partial charge in [-0.15, -0.1) is 0 Å². The van der Waals surface area contributed by atoms with E-state index in [1.165, 1.54) is 0 Å². The van der Waals surface area contributed by atoms with Crippen molar-refractivity contribution in [3.05, 3.63) is 11.4 Å². The van der Waals surface area contributed by atoms with Crippen LogP contribution in [0.1, 0.15) is 18.3 Å². The zero-order valence-electron chi connectivity index (χ0n) is 12.0. The summed E-state index contributed by atoms with van der Waals surface area (Å²) in [4.78, 5) is 2.33. The third kappa shape index (κ3) is 3.64. The van der Waals surface area contributed by atoms with Gasteiger partial charge in [0.25, 0.3) is 0 Å². The maximum absolute atomic E-state index is 10.2. The Labute approximate surface area is 119 Å². The first-order chi connectivity index (χ1) is 8.97. The summed E-state index contributed by atoms with van der Waals surface area (Å²) in [7, 11) is 0. The minimum Gasteiger partial charge on any atom is -0.396 e. The van der Waals surface area contributed by atoms with Crippen molar-refractivity contribution in [1.82, 2.24) is 14.7 Å². The number of aromatic nitrogens is 2. The molecule has 1 aromatic rings. The number of nitrogen functional groups attached to an aromatic ring is 1. The third-order valence-corrected chi connectivity index (χ3v) is 4.75. The zero-order chi connectivity index (χ0) is 14.0. The Balaban J connectivity index is 1.90. The van der Waals surface area contributed by atoms with Crippen molar-refractivity contribution >= 4 is 17.4 Å². The van der Waals surface area contributed by atoms with Crippen LogP contribution >= 0.6 is 11.8 Å². The number of aryl methyl sites for hydroxylation is 1. The van der Waals surface area contributed by atoms with Gasteiger partial charge in [0.1, 0.15) is 0 Å². The average Bonchev–Trinajstić information content (AvgIpc) is 2.57. The fourth-order valence-corrected chi connectivity index (χ4v) is 3.58. The number of β-amino-alcohol motifs (C(OH)–C–C–N with tert-alkyl or cyclic N) is 1. The van der Waals surface area contributed by atoms with Gasteiger partial charge in [-0.2, -0.15) is 16.9 Å². The first kappa shape index (κ1) is 14.7. The smallest absolute Gasteiger partial charge is 0.0862 e. The molecule has 19 heavy (non-hydrogen) atoms. The van der Waals surface area contributed by atoms with Crippen LogP contribution in [0.5, 0.6) is 0 Å². The molecule has 0 aromatic carbocycles. The standard InChI is InChI=1S/C13H24N4OS/c1-9-6-16(4-5-19-9)7-12(18)8-17-11(3)13(14)10(2)15-17/h9,12,18H,4-8,14H2,1-3H3. The van der Waals surface area contributed by atoms with E-state index in [0.717, 1.165) is 35.9 Å². The molecule has 2 unspecified atom stereocenters. The second-order valence-corrected chi connectivity index (χ2v) is 6.91. The van der Waals surface area contributed by atoms with Gasteiger partial charge in [-0.05, 0) is 13.8 Å². The van der Waals surface area contributed by atoms with Gasteiger partial charge in [0.2, 0.25) is 0 Å². The number of nitrogens with two attached hydrogens (primary N) is 1. The number of hydrogen-bond acceptors (Lipinski definition) is 5. The maximum Gasteiger partial charge on any atom is 0.0862 e. The minimum atomic E-state index is -0.396. The molecule has 0 saturated carbocycles. The van der Waals surface area contributed by atoms with Gasteiger partial charge in [0.05, 0.1) is 29.7 Å². The Kier molecular flexibility index (Phi) is 4.76. The Hall–Kier alpha value is -0.720. The second-order valence-electron chi connectivity index (χ2n) is 5.36. The lowest BCUT2D eigenvalue weighted by atomic mass is 10.3. The van der Waals surface area contributed by atoms with Crippen molar-refractivity contribution in [2.24, 2.45) is 0 Å². The van der Waals surface area contributed by atoms with E-state index >= 15 is 0 Å². The van der Waals surface area contributed by atoms with E-state index in [2.05, 4.69) is 16.9 Å². The molecule has 1 aliphatic heterocycles. The van der Waals surface area contributed by atoms with E-state index in [0.29, 0.717) is 18.3 Å². The van der Waals surface area contributed by atoms with Gasteiger partial charge in [-0.1, -0.05) is 6.92 Å². The van der Waals surface area contributed by atoms with E-state index in [-0.39, 0.29) is 0 Å². The predicted molar refractivity (Wildman–Crippen MR) is 80.5 cm³/mol. The van der Waals surface area contributed by atoms with Crippen LogP contribution in [0.15, 0.2) is 0 Å². The Morgan fingerprint density at radius 2 is 2.21 bits per heavy atom. The first-order valence-corrected chi connectivity index (χ1v) is 7.83. The number of thioether (sulfide) groups is 1. The lowest BCUT2D eigenvalue weighted by molar-refractivity contribution is 0.0963. The van der Waals surface area contributed by atoms with E-state index in [1.54, 1.807) is 0 Å².